The molecule has 0 unspecified atom stereocenters. The van der Waals surface area contributed by atoms with E-state index in [0.717, 1.165) is 16.8 Å². The Morgan fingerprint density at radius 2 is 2.09 bits per heavy atom. The van der Waals surface area contributed by atoms with E-state index in [2.05, 4.69) is 10.1 Å². The summed E-state index contributed by atoms with van der Waals surface area (Å²) in [6.45, 7) is 1.71. The fourth-order valence-corrected chi connectivity index (χ4v) is 3.36. The number of fused-ring (bicyclic) bond motifs is 1. The zero-order valence-electron chi connectivity index (χ0n) is 18.8. The third-order valence-corrected chi connectivity index (χ3v) is 5.17. The summed E-state index contributed by atoms with van der Waals surface area (Å²) in [7, 11) is 1.88. The summed E-state index contributed by atoms with van der Waals surface area (Å²) in [6.07, 6.45) is -0.859. The summed E-state index contributed by atoms with van der Waals surface area (Å²) in [4.78, 5) is 23.6. The molecule has 0 amide bonds. The fourth-order valence-electron chi connectivity index (χ4n) is 3.36. The molecule has 0 aliphatic heterocycles. The molecule has 0 fully saturated rings. The predicted octanol–water partition coefficient (Wildman–Crippen LogP) is 3.73. The third-order valence-electron chi connectivity index (χ3n) is 5.17. The van der Waals surface area contributed by atoms with Crippen molar-refractivity contribution in [3.05, 3.63) is 59.9 Å². The Morgan fingerprint density at radius 1 is 1.26 bits per heavy atom. The first-order chi connectivity index (χ1) is 16.2. The Bertz CT molecular complexity index is 1130. The molecule has 0 aliphatic rings. The molecule has 34 heavy (non-hydrogen) atoms. The van der Waals surface area contributed by atoms with Crippen LogP contribution in [0.5, 0.6) is 0 Å². The Morgan fingerprint density at radius 3 is 2.85 bits per heavy atom. The average Bonchev–Trinajstić information content (AvgIpc) is 3.21. The normalized spacial score (nSPS) is 12.2. The molecule has 0 radical (unpaired) electrons. The molecule has 2 heterocycles. The Labute approximate surface area is 195 Å². The second-order valence-electron chi connectivity index (χ2n) is 7.96. The minimum absolute atomic E-state index is 0.0446. The number of oxime groups is 1. The highest BCUT2D eigenvalue weighted by Crippen LogP contribution is 2.24. The molecule has 10 heteroatoms. The maximum absolute atomic E-state index is 12.4. The SMILES string of the molecule is CN(CCO)CCON=Cc1ccn2c(-c3cccc(CC(=O)CCC(F)(F)F)c3)cnc2c1. The number of carbonyl (C=O) groups is 1. The number of carbonyl (C=O) groups excluding carboxylic acids is 1. The predicted molar refractivity (Wildman–Crippen MR) is 123 cm³/mol. The number of pyridine rings is 1. The van der Waals surface area contributed by atoms with Gasteiger partial charge in [-0.1, -0.05) is 23.4 Å². The van der Waals surface area contributed by atoms with E-state index in [1.54, 1.807) is 30.6 Å². The number of aromatic nitrogens is 2. The largest absolute Gasteiger partial charge is 0.395 e. The van der Waals surface area contributed by atoms with Crippen LogP contribution in [0.1, 0.15) is 24.0 Å². The number of hydrogen-bond acceptors (Lipinski definition) is 6. The van der Waals surface area contributed by atoms with Crippen LogP contribution in [0, 0.1) is 0 Å². The molecule has 0 aliphatic carbocycles. The summed E-state index contributed by atoms with van der Waals surface area (Å²) in [5, 5.41) is 12.8. The van der Waals surface area contributed by atoms with Crippen molar-refractivity contribution in [1.82, 2.24) is 14.3 Å². The maximum atomic E-state index is 12.4. The minimum Gasteiger partial charge on any atom is -0.395 e. The molecule has 3 rings (SSSR count). The summed E-state index contributed by atoms with van der Waals surface area (Å²) >= 11 is 0. The molecule has 0 saturated heterocycles. The number of imidazole rings is 1. The molecule has 0 bridgehead atoms. The summed E-state index contributed by atoms with van der Waals surface area (Å²) in [5.41, 5.74) is 3.76. The molecule has 182 valence electrons. The maximum Gasteiger partial charge on any atom is 0.389 e. The number of ketones is 1. The molecule has 2 aromatic heterocycles. The topological polar surface area (TPSA) is 79.4 Å². The number of nitrogens with zero attached hydrogens (tertiary/aromatic N) is 4. The van der Waals surface area contributed by atoms with Crippen molar-refractivity contribution < 1.29 is 27.9 Å². The highest BCUT2D eigenvalue weighted by atomic mass is 19.4. The molecule has 0 saturated carbocycles. The third kappa shape index (κ3) is 7.67. The lowest BCUT2D eigenvalue weighted by atomic mass is 10.0. The molecule has 1 aromatic carbocycles. The standard InChI is InChI=1S/C24H27F3N4O3/c1-30(9-11-32)10-12-34-29-16-19-6-8-31-22(17-28-23(31)15-19)20-4-2-3-18(13-20)14-21(33)5-7-24(25,26)27/h2-4,6,8,13,15-17,32H,5,7,9-12,14H2,1H3. The zero-order valence-corrected chi connectivity index (χ0v) is 18.8. The van der Waals surface area contributed by atoms with Gasteiger partial charge >= 0.3 is 6.18 Å². The van der Waals surface area contributed by atoms with Crippen molar-refractivity contribution in [1.29, 1.82) is 0 Å². The highest BCUT2D eigenvalue weighted by Gasteiger charge is 2.27. The quantitative estimate of drug-likeness (QED) is 0.245. The van der Waals surface area contributed by atoms with Gasteiger partial charge in [-0.15, -0.1) is 0 Å². The van der Waals surface area contributed by atoms with Gasteiger partial charge in [-0.05, 0) is 30.8 Å². The van der Waals surface area contributed by atoms with Gasteiger partial charge in [0.05, 0.1) is 31.1 Å². The molecule has 1 N–H and O–H groups in total. The van der Waals surface area contributed by atoms with Crippen LogP contribution in [-0.4, -0.2) is 70.9 Å². The van der Waals surface area contributed by atoms with Crippen LogP contribution >= 0.6 is 0 Å². The second kappa shape index (κ2) is 11.8. The van der Waals surface area contributed by atoms with E-state index in [1.807, 2.05) is 40.7 Å². The average molecular weight is 476 g/mol. The van der Waals surface area contributed by atoms with Crippen molar-refractivity contribution in [2.75, 3.05) is 33.4 Å². The number of Topliss-reactive ketones (excluding diaryl/α,β-unsaturated/α-hetero) is 1. The molecular formula is C24H27F3N4O3. The number of aliphatic hydroxyl groups excluding tert-OH is 1. The van der Waals surface area contributed by atoms with Gasteiger partial charge in [0.25, 0.3) is 0 Å². The number of rotatable bonds is 12. The Kier molecular flexibility index (Phi) is 8.78. The van der Waals surface area contributed by atoms with Crippen molar-refractivity contribution in [3.63, 3.8) is 0 Å². The van der Waals surface area contributed by atoms with Gasteiger partial charge in [-0.2, -0.15) is 13.2 Å². The number of aliphatic hydroxyl groups is 1. The number of halogens is 3. The van der Waals surface area contributed by atoms with Gasteiger partial charge in [-0.3, -0.25) is 9.20 Å². The van der Waals surface area contributed by atoms with Gasteiger partial charge < -0.3 is 14.8 Å². The first kappa shape index (κ1) is 25.4. The number of hydrogen-bond donors (Lipinski definition) is 1. The van der Waals surface area contributed by atoms with Crippen LogP contribution < -0.4 is 0 Å². The van der Waals surface area contributed by atoms with Crippen molar-refractivity contribution in [3.8, 4) is 11.3 Å². The minimum atomic E-state index is -4.33. The Hall–Kier alpha value is -3.24. The lowest BCUT2D eigenvalue weighted by molar-refractivity contribution is -0.143. The van der Waals surface area contributed by atoms with Crippen molar-refractivity contribution in [2.24, 2.45) is 5.16 Å². The van der Waals surface area contributed by atoms with E-state index in [0.29, 0.717) is 30.9 Å². The van der Waals surface area contributed by atoms with E-state index >= 15 is 0 Å². The van der Waals surface area contributed by atoms with E-state index < -0.39 is 24.8 Å². The molecule has 7 nitrogen and oxygen atoms in total. The zero-order chi connectivity index (χ0) is 24.6. The molecule has 0 spiro atoms. The Balaban J connectivity index is 1.64. The first-order valence-corrected chi connectivity index (χ1v) is 10.8. The lowest BCUT2D eigenvalue weighted by Crippen LogP contribution is -2.25. The smallest absolute Gasteiger partial charge is 0.389 e. The van der Waals surface area contributed by atoms with Gasteiger partial charge in [0.15, 0.2) is 0 Å². The number of alkyl halides is 3. The molecule has 3 aromatic rings. The number of likely N-dealkylation sites (N-methyl/N-ethyl adjacent to an activating group) is 1. The van der Waals surface area contributed by atoms with Crippen molar-refractivity contribution in [2.45, 2.75) is 25.4 Å². The van der Waals surface area contributed by atoms with E-state index in [9.17, 15) is 18.0 Å². The van der Waals surface area contributed by atoms with Crippen LogP contribution in [-0.2, 0) is 16.1 Å². The summed E-state index contributed by atoms with van der Waals surface area (Å²) in [6, 6.07) is 10.9. The van der Waals surface area contributed by atoms with E-state index in [1.165, 1.54) is 0 Å². The van der Waals surface area contributed by atoms with Gasteiger partial charge in [0.1, 0.15) is 18.0 Å². The van der Waals surface area contributed by atoms with Gasteiger partial charge in [0.2, 0.25) is 0 Å². The first-order valence-electron chi connectivity index (χ1n) is 10.8. The lowest BCUT2D eigenvalue weighted by Gasteiger charge is -2.13. The highest BCUT2D eigenvalue weighted by molar-refractivity contribution is 5.82. The molecule has 0 atom stereocenters. The summed E-state index contributed by atoms with van der Waals surface area (Å²) in [5.74, 6) is -0.446. The van der Waals surface area contributed by atoms with Crippen LogP contribution in [0.15, 0.2) is 53.9 Å². The van der Waals surface area contributed by atoms with Crippen LogP contribution in [0.2, 0.25) is 0 Å². The monoisotopic (exact) mass is 476 g/mol. The van der Waals surface area contributed by atoms with Gasteiger partial charge in [0, 0.05) is 43.3 Å². The van der Waals surface area contributed by atoms with Gasteiger partial charge in [-0.25, -0.2) is 4.98 Å². The van der Waals surface area contributed by atoms with E-state index in [-0.39, 0.29) is 13.0 Å². The van der Waals surface area contributed by atoms with Crippen LogP contribution in [0.4, 0.5) is 13.2 Å². The van der Waals surface area contributed by atoms with Crippen LogP contribution in [0.3, 0.4) is 0 Å². The fraction of sp³-hybridized carbons (Fsp3) is 0.375. The summed E-state index contributed by atoms with van der Waals surface area (Å²) < 4.78 is 38.9. The second-order valence-corrected chi connectivity index (χ2v) is 7.96. The number of benzene rings is 1. The van der Waals surface area contributed by atoms with Crippen molar-refractivity contribution >= 4 is 17.6 Å². The molecular weight excluding hydrogens is 449 g/mol. The van der Waals surface area contributed by atoms with Crippen LogP contribution in [0.25, 0.3) is 16.9 Å². The van der Waals surface area contributed by atoms with E-state index in [4.69, 9.17) is 9.94 Å².